The van der Waals surface area contributed by atoms with Crippen molar-refractivity contribution in [3.05, 3.63) is 66.5 Å². The number of benzene rings is 2. The average molecular weight is 305 g/mol. The van der Waals surface area contributed by atoms with Crippen LogP contribution in [0, 0.1) is 0 Å². The molecule has 5 nitrogen and oxygen atoms in total. The molecule has 1 heterocycles. The number of rotatable bonds is 5. The normalized spacial score (nSPS) is 10.3. The van der Waals surface area contributed by atoms with Crippen LogP contribution in [0.1, 0.15) is 12.5 Å². The van der Waals surface area contributed by atoms with Crippen molar-refractivity contribution < 1.29 is 0 Å². The largest absolute Gasteiger partial charge is 0.393 e. The Balaban J connectivity index is 1.88. The van der Waals surface area contributed by atoms with Crippen LogP contribution in [0.2, 0.25) is 0 Å². The monoisotopic (exact) mass is 305 g/mol. The van der Waals surface area contributed by atoms with Gasteiger partial charge in [-0.05, 0) is 30.2 Å². The van der Waals surface area contributed by atoms with Gasteiger partial charge in [0.2, 0.25) is 0 Å². The van der Waals surface area contributed by atoms with Gasteiger partial charge in [0.25, 0.3) is 0 Å². The Morgan fingerprint density at radius 3 is 2.26 bits per heavy atom. The highest BCUT2D eigenvalue weighted by atomic mass is 15.1. The van der Waals surface area contributed by atoms with E-state index in [1.807, 2.05) is 48.5 Å². The zero-order valence-electron chi connectivity index (χ0n) is 13.0. The average Bonchev–Trinajstić information content (AvgIpc) is 2.60. The number of hydrogen-bond donors (Lipinski definition) is 3. The molecule has 2 aromatic carbocycles. The highest BCUT2D eigenvalue weighted by molar-refractivity contribution is 5.80. The van der Waals surface area contributed by atoms with Crippen molar-refractivity contribution in [1.29, 1.82) is 0 Å². The molecule has 0 unspecified atom stereocenters. The summed E-state index contributed by atoms with van der Waals surface area (Å²) >= 11 is 0. The third-order valence-corrected chi connectivity index (χ3v) is 3.57. The van der Waals surface area contributed by atoms with Crippen LogP contribution < -0.4 is 16.4 Å². The first-order valence-corrected chi connectivity index (χ1v) is 7.55. The van der Waals surface area contributed by atoms with E-state index in [4.69, 9.17) is 5.73 Å². The molecule has 0 aliphatic rings. The minimum absolute atomic E-state index is 0.488. The molecule has 116 valence electrons. The van der Waals surface area contributed by atoms with Crippen molar-refractivity contribution in [3.63, 3.8) is 0 Å². The molecule has 0 aliphatic heterocycles. The van der Waals surface area contributed by atoms with Crippen molar-refractivity contribution in [2.75, 3.05) is 16.4 Å². The van der Waals surface area contributed by atoms with Crippen molar-refractivity contribution >= 4 is 28.7 Å². The smallest absolute Gasteiger partial charge is 0.159 e. The molecule has 0 atom stereocenters. The Bertz CT molecular complexity index is 786. The summed E-state index contributed by atoms with van der Waals surface area (Å²) in [5.74, 6) is 1.18. The summed E-state index contributed by atoms with van der Waals surface area (Å²) in [4.78, 5) is 8.50. The molecule has 3 rings (SSSR count). The number of nitrogens with one attached hydrogen (secondary N) is 2. The zero-order chi connectivity index (χ0) is 16.1. The summed E-state index contributed by atoms with van der Waals surface area (Å²) in [7, 11) is 0. The van der Waals surface area contributed by atoms with Crippen molar-refractivity contribution in [3.8, 4) is 0 Å². The van der Waals surface area contributed by atoms with E-state index in [1.165, 1.54) is 11.9 Å². The lowest BCUT2D eigenvalue weighted by molar-refractivity contribution is 1.13. The zero-order valence-corrected chi connectivity index (χ0v) is 13.0. The van der Waals surface area contributed by atoms with Crippen molar-refractivity contribution in [2.24, 2.45) is 0 Å². The molecule has 0 radical (unpaired) electrons. The van der Waals surface area contributed by atoms with E-state index < -0.39 is 0 Å². The summed E-state index contributed by atoms with van der Waals surface area (Å²) in [6, 6.07) is 17.9. The van der Waals surface area contributed by atoms with E-state index in [-0.39, 0.29) is 0 Å². The Morgan fingerprint density at radius 1 is 0.870 bits per heavy atom. The third kappa shape index (κ3) is 3.40. The fraction of sp³-hybridized carbons (Fsp3) is 0.111. The van der Waals surface area contributed by atoms with E-state index in [1.54, 1.807) is 0 Å². The van der Waals surface area contributed by atoms with Crippen LogP contribution in [0.4, 0.5) is 28.7 Å². The summed E-state index contributed by atoms with van der Waals surface area (Å²) in [6.07, 6.45) is 2.43. The van der Waals surface area contributed by atoms with E-state index in [2.05, 4.69) is 33.6 Å². The Kier molecular flexibility index (Phi) is 4.38. The first-order valence-electron chi connectivity index (χ1n) is 7.55. The van der Waals surface area contributed by atoms with Crippen LogP contribution in [0.3, 0.4) is 0 Å². The van der Waals surface area contributed by atoms with E-state index in [9.17, 15) is 0 Å². The molecule has 4 N–H and O–H groups in total. The summed E-state index contributed by atoms with van der Waals surface area (Å²) in [5.41, 5.74) is 9.85. The lowest BCUT2D eigenvalue weighted by Crippen LogP contribution is -2.06. The predicted molar refractivity (Wildman–Crippen MR) is 95.3 cm³/mol. The van der Waals surface area contributed by atoms with Crippen LogP contribution in [-0.4, -0.2) is 9.97 Å². The van der Waals surface area contributed by atoms with Crippen LogP contribution >= 0.6 is 0 Å². The van der Waals surface area contributed by atoms with E-state index >= 15 is 0 Å². The molecular weight excluding hydrogens is 286 g/mol. The molecule has 3 aromatic rings. The molecule has 0 fully saturated rings. The molecule has 0 saturated heterocycles. The highest BCUT2D eigenvalue weighted by Crippen LogP contribution is 2.29. The van der Waals surface area contributed by atoms with Gasteiger partial charge in [0.05, 0.1) is 0 Å². The number of nitrogens with zero attached hydrogens (tertiary/aromatic N) is 2. The molecule has 5 heteroatoms. The van der Waals surface area contributed by atoms with E-state index in [0.717, 1.165) is 17.8 Å². The van der Waals surface area contributed by atoms with Gasteiger partial charge in [0.15, 0.2) is 11.6 Å². The van der Waals surface area contributed by atoms with Gasteiger partial charge < -0.3 is 16.4 Å². The summed E-state index contributed by atoms with van der Waals surface area (Å²) in [5, 5.41) is 6.51. The molecule has 1 aromatic heterocycles. The lowest BCUT2D eigenvalue weighted by Gasteiger charge is -2.14. The lowest BCUT2D eigenvalue weighted by atomic mass is 10.1. The summed E-state index contributed by atoms with van der Waals surface area (Å²) in [6.45, 7) is 2.12. The Hall–Kier alpha value is -3.08. The molecule has 0 spiro atoms. The molecule has 0 bridgehead atoms. The minimum Gasteiger partial charge on any atom is -0.393 e. The maximum Gasteiger partial charge on any atom is 0.159 e. The van der Waals surface area contributed by atoms with E-state index in [0.29, 0.717) is 17.3 Å². The second-order valence-corrected chi connectivity index (χ2v) is 5.11. The quantitative estimate of drug-likeness (QED) is 0.661. The molecule has 0 amide bonds. The van der Waals surface area contributed by atoms with Crippen LogP contribution in [0.25, 0.3) is 0 Å². The maximum absolute atomic E-state index is 6.22. The fourth-order valence-electron chi connectivity index (χ4n) is 2.33. The number of nitrogens with two attached hydrogens (primary N) is 1. The van der Waals surface area contributed by atoms with Crippen molar-refractivity contribution in [1.82, 2.24) is 9.97 Å². The number of para-hydroxylation sites is 2. The predicted octanol–water partition coefficient (Wildman–Crippen LogP) is 4.11. The number of aromatic nitrogens is 2. The second-order valence-electron chi connectivity index (χ2n) is 5.11. The SMILES string of the molecule is CCc1ccccc1Nc1ncnc(Nc2ccccc2)c1N. The first kappa shape index (κ1) is 14.8. The second kappa shape index (κ2) is 6.79. The fourth-order valence-corrected chi connectivity index (χ4v) is 2.33. The van der Waals surface area contributed by atoms with Gasteiger partial charge >= 0.3 is 0 Å². The van der Waals surface area contributed by atoms with Crippen LogP contribution in [-0.2, 0) is 6.42 Å². The van der Waals surface area contributed by atoms with Crippen molar-refractivity contribution in [2.45, 2.75) is 13.3 Å². The number of aryl methyl sites for hydroxylation is 1. The Labute approximate surface area is 135 Å². The highest BCUT2D eigenvalue weighted by Gasteiger charge is 2.10. The minimum atomic E-state index is 0.488. The summed E-state index contributed by atoms with van der Waals surface area (Å²) < 4.78 is 0. The first-order chi connectivity index (χ1) is 11.3. The number of hydrogen-bond acceptors (Lipinski definition) is 5. The molecular formula is C18H19N5. The number of anilines is 5. The molecule has 0 aliphatic carbocycles. The topological polar surface area (TPSA) is 75.9 Å². The standard InChI is InChI=1S/C18H19N5/c1-2-13-8-6-7-11-15(13)23-18-16(19)17(20-12-21-18)22-14-9-4-3-5-10-14/h3-12H,2,19H2,1H3,(H2,20,21,22,23). The number of nitrogen functional groups attached to an aromatic ring is 1. The molecule has 0 saturated carbocycles. The van der Waals surface area contributed by atoms with Gasteiger partial charge in [-0.15, -0.1) is 0 Å². The van der Waals surface area contributed by atoms with Gasteiger partial charge in [-0.25, -0.2) is 9.97 Å². The van der Waals surface area contributed by atoms with Gasteiger partial charge in [-0.3, -0.25) is 0 Å². The van der Waals surface area contributed by atoms with Gasteiger partial charge in [-0.1, -0.05) is 43.3 Å². The van der Waals surface area contributed by atoms with Crippen LogP contribution in [0.15, 0.2) is 60.9 Å². The third-order valence-electron chi connectivity index (χ3n) is 3.57. The Morgan fingerprint density at radius 2 is 1.52 bits per heavy atom. The van der Waals surface area contributed by atoms with Gasteiger partial charge in [0, 0.05) is 11.4 Å². The molecule has 23 heavy (non-hydrogen) atoms. The maximum atomic E-state index is 6.22. The van der Waals surface area contributed by atoms with Gasteiger partial charge in [-0.2, -0.15) is 0 Å². The van der Waals surface area contributed by atoms with Gasteiger partial charge in [0.1, 0.15) is 12.0 Å². The van der Waals surface area contributed by atoms with Crippen LogP contribution in [0.5, 0.6) is 0 Å².